The molecule has 1 fully saturated rings. The van der Waals surface area contributed by atoms with E-state index in [0.29, 0.717) is 18.6 Å². The molecule has 0 heterocycles. The Hall–Kier alpha value is -2.33. The van der Waals surface area contributed by atoms with E-state index < -0.39 is 0 Å². The summed E-state index contributed by atoms with van der Waals surface area (Å²) >= 11 is 0. The zero-order valence-corrected chi connectivity index (χ0v) is 14.7. The molecule has 3 rings (SSSR count). The highest BCUT2D eigenvalue weighted by molar-refractivity contribution is 5.67. The zero-order chi connectivity index (χ0) is 17.5. The van der Waals surface area contributed by atoms with Crippen LogP contribution >= 0.6 is 0 Å². The molecule has 1 atom stereocenters. The first-order valence-electron chi connectivity index (χ1n) is 8.96. The molecule has 2 aromatic carbocycles. The van der Waals surface area contributed by atoms with Crippen molar-refractivity contribution in [2.45, 2.75) is 44.4 Å². The maximum Gasteiger partial charge on any atom is 0.407 e. The third-order valence-corrected chi connectivity index (χ3v) is 4.75. The van der Waals surface area contributed by atoms with Crippen LogP contribution in [0.15, 0.2) is 60.7 Å². The van der Waals surface area contributed by atoms with E-state index >= 15 is 0 Å². The molecule has 1 aliphatic rings. The number of alkyl carbamates (subject to hydrolysis) is 1. The fourth-order valence-corrected chi connectivity index (χ4v) is 3.08. The lowest BCUT2D eigenvalue weighted by Gasteiger charge is -2.36. The van der Waals surface area contributed by atoms with Gasteiger partial charge in [0.25, 0.3) is 0 Å². The lowest BCUT2D eigenvalue weighted by molar-refractivity contribution is 0.125. The number of nitrogens with one attached hydrogen (secondary N) is 2. The summed E-state index contributed by atoms with van der Waals surface area (Å²) in [5.41, 5.74) is 2.36. The maximum atomic E-state index is 11.8. The van der Waals surface area contributed by atoms with Crippen LogP contribution < -0.4 is 10.6 Å². The van der Waals surface area contributed by atoms with Crippen molar-refractivity contribution in [2.75, 3.05) is 6.54 Å². The average Bonchev–Trinajstić information content (AvgIpc) is 2.63. The van der Waals surface area contributed by atoms with Crippen LogP contribution in [0.1, 0.15) is 36.8 Å². The molecule has 0 spiro atoms. The van der Waals surface area contributed by atoms with Crippen LogP contribution in [0.3, 0.4) is 0 Å². The fourth-order valence-electron chi connectivity index (χ4n) is 3.08. The van der Waals surface area contributed by atoms with Crippen LogP contribution in [0.4, 0.5) is 4.79 Å². The van der Waals surface area contributed by atoms with Gasteiger partial charge in [0, 0.05) is 18.6 Å². The van der Waals surface area contributed by atoms with E-state index in [9.17, 15) is 4.79 Å². The molecule has 0 radical (unpaired) electrons. The van der Waals surface area contributed by atoms with Crippen LogP contribution in [0.5, 0.6) is 0 Å². The molecule has 1 amide bonds. The Kier molecular flexibility index (Phi) is 6.07. The minimum Gasteiger partial charge on any atom is -0.445 e. The second-order valence-electron chi connectivity index (χ2n) is 6.79. The van der Waals surface area contributed by atoms with Crippen LogP contribution in [0, 0.1) is 0 Å². The van der Waals surface area contributed by atoms with Gasteiger partial charge in [-0.3, -0.25) is 0 Å². The molecule has 25 heavy (non-hydrogen) atoms. The van der Waals surface area contributed by atoms with Gasteiger partial charge in [-0.05, 0) is 29.9 Å². The Morgan fingerprint density at radius 1 is 1.04 bits per heavy atom. The quantitative estimate of drug-likeness (QED) is 0.806. The van der Waals surface area contributed by atoms with E-state index in [1.165, 1.54) is 5.56 Å². The molecule has 1 saturated carbocycles. The highest BCUT2D eigenvalue weighted by Gasteiger charge is 2.30. The Morgan fingerprint density at radius 3 is 2.36 bits per heavy atom. The summed E-state index contributed by atoms with van der Waals surface area (Å²) < 4.78 is 5.26. The Bertz CT molecular complexity index is 654. The Morgan fingerprint density at radius 2 is 1.68 bits per heavy atom. The molecule has 4 nitrogen and oxygen atoms in total. The number of hydrogen-bond donors (Lipinski definition) is 2. The molecule has 2 N–H and O–H groups in total. The summed E-state index contributed by atoms with van der Waals surface area (Å²) in [6, 6.07) is 21.0. The third-order valence-electron chi connectivity index (χ3n) is 4.75. The van der Waals surface area contributed by atoms with Crippen molar-refractivity contribution in [3.05, 3.63) is 71.8 Å². The summed E-state index contributed by atoms with van der Waals surface area (Å²) in [5.74, 6) is 0.490. The van der Waals surface area contributed by atoms with Crippen molar-refractivity contribution in [1.82, 2.24) is 10.6 Å². The molecular weight excluding hydrogens is 312 g/mol. The molecule has 2 aromatic rings. The molecular formula is C21H26N2O2. The monoisotopic (exact) mass is 338 g/mol. The second kappa shape index (κ2) is 8.67. The predicted octanol–water partition coefficient (Wildman–Crippen LogP) is 3.84. The molecule has 4 heteroatoms. The highest BCUT2D eigenvalue weighted by Crippen LogP contribution is 2.21. The van der Waals surface area contributed by atoms with Gasteiger partial charge in [-0.2, -0.15) is 0 Å². The predicted molar refractivity (Wildman–Crippen MR) is 99.4 cm³/mol. The molecule has 0 aromatic heterocycles. The Balaban J connectivity index is 1.29. The number of benzene rings is 2. The third kappa shape index (κ3) is 5.33. The Labute approximate surface area is 149 Å². The number of amides is 1. The molecule has 1 aliphatic carbocycles. The first kappa shape index (κ1) is 17.5. The summed E-state index contributed by atoms with van der Waals surface area (Å²) in [7, 11) is 0. The average molecular weight is 338 g/mol. The first-order valence-corrected chi connectivity index (χ1v) is 8.96. The normalized spacial score (nSPS) is 20.4. The SMILES string of the molecule is CC(CNC1CC(NC(=O)OCc2ccccc2)C1)c1ccccc1. The minimum atomic E-state index is -0.329. The van der Waals surface area contributed by atoms with Crippen molar-refractivity contribution < 1.29 is 9.53 Å². The van der Waals surface area contributed by atoms with E-state index in [1.54, 1.807) is 0 Å². The number of carbonyl (C=O) groups excluding carboxylic acids is 1. The van der Waals surface area contributed by atoms with Crippen LogP contribution in [0.25, 0.3) is 0 Å². The lowest BCUT2D eigenvalue weighted by Crippen LogP contribution is -2.53. The van der Waals surface area contributed by atoms with Gasteiger partial charge in [-0.1, -0.05) is 67.6 Å². The molecule has 0 saturated heterocycles. The topological polar surface area (TPSA) is 50.4 Å². The van der Waals surface area contributed by atoms with Crippen LogP contribution in [-0.4, -0.2) is 24.7 Å². The number of hydrogen-bond acceptors (Lipinski definition) is 3. The van der Waals surface area contributed by atoms with Crippen molar-refractivity contribution in [2.24, 2.45) is 0 Å². The standard InChI is InChI=1S/C21H26N2O2/c1-16(18-10-6-3-7-11-18)14-22-19-12-20(13-19)23-21(24)25-15-17-8-4-2-5-9-17/h2-11,16,19-20,22H,12-15H2,1H3,(H,23,24). The van der Waals surface area contributed by atoms with E-state index in [1.807, 2.05) is 36.4 Å². The van der Waals surface area contributed by atoms with Gasteiger partial charge in [-0.15, -0.1) is 0 Å². The first-order chi connectivity index (χ1) is 12.2. The van der Waals surface area contributed by atoms with Gasteiger partial charge in [0.2, 0.25) is 0 Å². The molecule has 1 unspecified atom stereocenters. The van der Waals surface area contributed by atoms with Gasteiger partial charge in [0.05, 0.1) is 0 Å². The zero-order valence-electron chi connectivity index (χ0n) is 14.7. The second-order valence-corrected chi connectivity index (χ2v) is 6.79. The van der Waals surface area contributed by atoms with Crippen molar-refractivity contribution in [1.29, 1.82) is 0 Å². The number of ether oxygens (including phenoxy) is 1. The molecule has 0 aliphatic heterocycles. The summed E-state index contributed by atoms with van der Waals surface area (Å²) in [6.45, 7) is 3.51. The van der Waals surface area contributed by atoms with E-state index in [4.69, 9.17) is 4.74 Å². The van der Waals surface area contributed by atoms with E-state index in [-0.39, 0.29) is 12.1 Å². The highest BCUT2D eigenvalue weighted by atomic mass is 16.5. The smallest absolute Gasteiger partial charge is 0.407 e. The van der Waals surface area contributed by atoms with Gasteiger partial charge in [-0.25, -0.2) is 4.79 Å². The van der Waals surface area contributed by atoms with Crippen LogP contribution in [0.2, 0.25) is 0 Å². The van der Waals surface area contributed by atoms with E-state index in [2.05, 4.69) is 41.8 Å². The van der Waals surface area contributed by atoms with Gasteiger partial charge >= 0.3 is 6.09 Å². The fraction of sp³-hybridized carbons (Fsp3) is 0.381. The van der Waals surface area contributed by atoms with E-state index in [0.717, 1.165) is 24.9 Å². The number of carbonyl (C=O) groups is 1. The van der Waals surface area contributed by atoms with Crippen molar-refractivity contribution >= 4 is 6.09 Å². The van der Waals surface area contributed by atoms with Crippen molar-refractivity contribution in [3.63, 3.8) is 0 Å². The van der Waals surface area contributed by atoms with Crippen molar-refractivity contribution in [3.8, 4) is 0 Å². The lowest BCUT2D eigenvalue weighted by atomic mass is 9.86. The summed E-state index contributed by atoms with van der Waals surface area (Å²) in [5, 5.41) is 6.52. The number of rotatable bonds is 7. The molecule has 132 valence electrons. The van der Waals surface area contributed by atoms with Crippen LogP contribution in [-0.2, 0) is 11.3 Å². The van der Waals surface area contributed by atoms with Gasteiger partial charge < -0.3 is 15.4 Å². The largest absolute Gasteiger partial charge is 0.445 e. The maximum absolute atomic E-state index is 11.8. The summed E-state index contributed by atoms with van der Waals surface area (Å²) in [6.07, 6.45) is 1.59. The molecule has 0 bridgehead atoms. The minimum absolute atomic E-state index is 0.216. The van der Waals surface area contributed by atoms with Gasteiger partial charge in [0.15, 0.2) is 0 Å². The van der Waals surface area contributed by atoms with Gasteiger partial charge in [0.1, 0.15) is 6.61 Å². The summed E-state index contributed by atoms with van der Waals surface area (Å²) in [4.78, 5) is 11.8.